The molecule has 0 bridgehead atoms. The maximum Gasteiger partial charge on any atom is 0.327 e. The number of ether oxygens (including phenoxy) is 2. The second-order valence-electron chi connectivity index (χ2n) is 5.85. The minimum Gasteiger partial charge on any atom is -0.468 e. The highest BCUT2D eigenvalue weighted by atomic mass is 35.5. The number of rotatable bonds is 4. The number of esters is 1. The Kier molecular flexibility index (Phi) is 5.68. The number of carbonyl (C=O) groups is 1. The summed E-state index contributed by atoms with van der Waals surface area (Å²) in [4.78, 5) is 14.4. The summed E-state index contributed by atoms with van der Waals surface area (Å²) in [6, 6.07) is 12.9. The molecule has 4 nitrogen and oxygen atoms in total. The minimum atomic E-state index is -0.606. The first-order valence-corrected chi connectivity index (χ1v) is 8.41. The van der Waals surface area contributed by atoms with Crippen LogP contribution in [0.3, 0.4) is 0 Å². The predicted octanol–water partition coefficient (Wildman–Crippen LogP) is 3.77. The van der Waals surface area contributed by atoms with Crippen LogP contribution in [0.25, 0.3) is 0 Å². The fraction of sp³-hybridized carbons (Fsp3) is 0.316. The number of nitrogens with zero attached hydrogens (tertiary/aromatic N) is 1. The molecule has 2 aromatic carbocycles. The van der Waals surface area contributed by atoms with Crippen LogP contribution in [0.1, 0.15) is 23.3 Å². The second-order valence-corrected chi connectivity index (χ2v) is 6.26. The van der Waals surface area contributed by atoms with E-state index in [1.165, 1.54) is 19.2 Å². The monoisotopic (exact) mass is 363 g/mol. The molecule has 1 aliphatic rings. The van der Waals surface area contributed by atoms with Crippen molar-refractivity contribution in [2.24, 2.45) is 0 Å². The normalized spacial score (nSPS) is 19.4. The van der Waals surface area contributed by atoms with Gasteiger partial charge in [-0.1, -0.05) is 41.9 Å². The van der Waals surface area contributed by atoms with Crippen LogP contribution in [-0.2, 0) is 14.3 Å². The first-order chi connectivity index (χ1) is 12.1. The molecule has 2 atom stereocenters. The molecule has 6 heteroatoms. The van der Waals surface area contributed by atoms with Crippen molar-refractivity contribution >= 4 is 17.6 Å². The molecule has 2 aromatic rings. The molecule has 1 fully saturated rings. The molecule has 132 valence electrons. The van der Waals surface area contributed by atoms with Crippen molar-refractivity contribution in [1.82, 2.24) is 4.90 Å². The van der Waals surface area contributed by atoms with Gasteiger partial charge in [0.2, 0.25) is 0 Å². The Balaban J connectivity index is 1.87. The van der Waals surface area contributed by atoms with Crippen LogP contribution in [0.15, 0.2) is 48.5 Å². The number of hydrogen-bond acceptors (Lipinski definition) is 4. The zero-order valence-corrected chi connectivity index (χ0v) is 14.6. The van der Waals surface area contributed by atoms with Gasteiger partial charge in [0.05, 0.1) is 19.8 Å². The van der Waals surface area contributed by atoms with Crippen LogP contribution in [0.2, 0.25) is 5.02 Å². The minimum absolute atomic E-state index is 0.246. The van der Waals surface area contributed by atoms with Crippen molar-refractivity contribution < 1.29 is 18.7 Å². The van der Waals surface area contributed by atoms with Crippen molar-refractivity contribution in [2.45, 2.75) is 12.1 Å². The molecular weight excluding hydrogens is 345 g/mol. The highest BCUT2D eigenvalue weighted by molar-refractivity contribution is 6.31. The van der Waals surface area contributed by atoms with E-state index >= 15 is 0 Å². The van der Waals surface area contributed by atoms with Gasteiger partial charge in [-0.25, -0.2) is 9.18 Å². The van der Waals surface area contributed by atoms with E-state index < -0.39 is 6.04 Å². The van der Waals surface area contributed by atoms with Crippen LogP contribution in [-0.4, -0.2) is 37.7 Å². The van der Waals surface area contributed by atoms with Crippen molar-refractivity contribution in [2.75, 3.05) is 26.8 Å². The van der Waals surface area contributed by atoms with E-state index in [1.807, 2.05) is 23.1 Å². The first-order valence-electron chi connectivity index (χ1n) is 8.03. The van der Waals surface area contributed by atoms with Gasteiger partial charge in [0.1, 0.15) is 11.9 Å². The summed E-state index contributed by atoms with van der Waals surface area (Å²) < 4.78 is 24.0. The quantitative estimate of drug-likeness (QED) is 0.775. The van der Waals surface area contributed by atoms with Crippen LogP contribution < -0.4 is 0 Å². The van der Waals surface area contributed by atoms with E-state index in [1.54, 1.807) is 18.2 Å². The maximum atomic E-state index is 13.1. The van der Waals surface area contributed by atoms with Crippen molar-refractivity contribution in [3.63, 3.8) is 0 Å². The molecule has 0 aromatic heterocycles. The van der Waals surface area contributed by atoms with Gasteiger partial charge in [0, 0.05) is 18.1 Å². The molecule has 25 heavy (non-hydrogen) atoms. The lowest BCUT2D eigenvalue weighted by Gasteiger charge is -2.37. The molecule has 0 N–H and O–H groups in total. The highest BCUT2D eigenvalue weighted by Gasteiger charge is 2.34. The van der Waals surface area contributed by atoms with Gasteiger partial charge in [-0.3, -0.25) is 4.90 Å². The summed E-state index contributed by atoms with van der Waals surface area (Å²) in [6.45, 7) is 1.51. The summed E-state index contributed by atoms with van der Waals surface area (Å²) in [5, 5.41) is 0.516. The molecule has 1 saturated heterocycles. The number of halogens is 2. The van der Waals surface area contributed by atoms with Crippen LogP contribution >= 0.6 is 11.6 Å². The molecule has 0 aliphatic carbocycles. The van der Waals surface area contributed by atoms with Crippen LogP contribution in [0.5, 0.6) is 0 Å². The van der Waals surface area contributed by atoms with E-state index in [2.05, 4.69) is 0 Å². The Labute approximate surface area is 151 Å². The average Bonchev–Trinajstić information content (AvgIpc) is 2.64. The lowest BCUT2D eigenvalue weighted by molar-refractivity contribution is -0.150. The third-order valence-electron chi connectivity index (χ3n) is 4.33. The van der Waals surface area contributed by atoms with Gasteiger partial charge in [-0.15, -0.1) is 0 Å². The SMILES string of the molecule is COC(=O)[C@H](c1ccccc1Cl)N1CCO[C@@H](c2ccc(F)cc2)C1. The molecule has 0 unspecified atom stereocenters. The number of carbonyl (C=O) groups excluding carboxylic acids is 1. The first kappa shape index (κ1) is 17.9. The predicted molar refractivity (Wildman–Crippen MR) is 92.9 cm³/mol. The Hall–Kier alpha value is -1.95. The number of benzene rings is 2. The Morgan fingerprint density at radius 3 is 2.68 bits per heavy atom. The smallest absolute Gasteiger partial charge is 0.327 e. The maximum absolute atomic E-state index is 13.1. The van der Waals surface area contributed by atoms with E-state index in [4.69, 9.17) is 21.1 Å². The van der Waals surface area contributed by atoms with E-state index in [9.17, 15) is 9.18 Å². The fourth-order valence-electron chi connectivity index (χ4n) is 3.06. The number of hydrogen-bond donors (Lipinski definition) is 0. The van der Waals surface area contributed by atoms with E-state index in [0.29, 0.717) is 30.3 Å². The summed E-state index contributed by atoms with van der Waals surface area (Å²) in [7, 11) is 1.37. The number of morpholine rings is 1. The fourth-order valence-corrected chi connectivity index (χ4v) is 3.30. The zero-order chi connectivity index (χ0) is 17.8. The summed E-state index contributed by atoms with van der Waals surface area (Å²) >= 11 is 6.30. The van der Waals surface area contributed by atoms with Gasteiger partial charge < -0.3 is 9.47 Å². The van der Waals surface area contributed by atoms with Crippen LogP contribution in [0.4, 0.5) is 4.39 Å². The van der Waals surface area contributed by atoms with Gasteiger partial charge >= 0.3 is 5.97 Å². The van der Waals surface area contributed by atoms with Crippen LogP contribution in [0, 0.1) is 5.82 Å². The second kappa shape index (κ2) is 7.95. The van der Waals surface area contributed by atoms with Gasteiger partial charge in [0.15, 0.2) is 0 Å². The standard InChI is InChI=1S/C19H19ClFNO3/c1-24-19(23)18(15-4-2-3-5-16(15)20)22-10-11-25-17(12-22)13-6-8-14(21)9-7-13/h2-9,17-18H,10-12H2,1H3/t17-,18+/m1/s1. The lowest BCUT2D eigenvalue weighted by atomic mass is 10.0. The van der Waals surface area contributed by atoms with Gasteiger partial charge in [-0.05, 0) is 29.3 Å². The highest BCUT2D eigenvalue weighted by Crippen LogP contribution is 2.33. The summed E-state index contributed by atoms with van der Waals surface area (Å²) in [5.74, 6) is -0.659. The van der Waals surface area contributed by atoms with Crippen molar-refractivity contribution in [1.29, 1.82) is 0 Å². The topological polar surface area (TPSA) is 38.8 Å². The Morgan fingerprint density at radius 2 is 2.00 bits per heavy atom. The third kappa shape index (κ3) is 4.00. The summed E-state index contributed by atoms with van der Waals surface area (Å²) in [5.41, 5.74) is 1.57. The molecule has 1 aliphatic heterocycles. The molecular formula is C19H19ClFNO3. The average molecular weight is 364 g/mol. The zero-order valence-electron chi connectivity index (χ0n) is 13.8. The largest absolute Gasteiger partial charge is 0.468 e. The molecule has 1 heterocycles. The lowest BCUT2D eigenvalue weighted by Crippen LogP contribution is -2.44. The van der Waals surface area contributed by atoms with E-state index in [0.717, 1.165) is 5.56 Å². The molecule has 0 radical (unpaired) electrons. The van der Waals surface area contributed by atoms with E-state index in [-0.39, 0.29) is 17.9 Å². The third-order valence-corrected chi connectivity index (χ3v) is 4.67. The number of methoxy groups -OCH3 is 1. The Morgan fingerprint density at radius 1 is 1.28 bits per heavy atom. The molecule has 0 saturated carbocycles. The Bertz CT molecular complexity index is 738. The summed E-state index contributed by atoms with van der Waals surface area (Å²) in [6.07, 6.45) is -0.246. The molecule has 3 rings (SSSR count). The molecule has 0 amide bonds. The van der Waals surface area contributed by atoms with Crippen molar-refractivity contribution in [3.05, 3.63) is 70.5 Å². The molecule has 0 spiro atoms. The van der Waals surface area contributed by atoms with Gasteiger partial charge in [0.25, 0.3) is 0 Å². The van der Waals surface area contributed by atoms with Gasteiger partial charge in [-0.2, -0.15) is 0 Å². The van der Waals surface area contributed by atoms with Crippen molar-refractivity contribution in [3.8, 4) is 0 Å².